The zero-order valence-corrected chi connectivity index (χ0v) is 49.5. The van der Waals surface area contributed by atoms with Crippen molar-refractivity contribution in [1.82, 2.24) is 13.7 Å². The highest BCUT2D eigenvalue weighted by molar-refractivity contribution is 14.1. The first-order valence-corrected chi connectivity index (χ1v) is 26.9. The van der Waals surface area contributed by atoms with Crippen LogP contribution in [0.3, 0.4) is 0 Å². The van der Waals surface area contributed by atoms with Crippen LogP contribution in [0, 0.1) is 40.8 Å². The molecule has 0 aliphatic rings. The number of aromatic nitrogens is 2. The summed E-state index contributed by atoms with van der Waals surface area (Å²) < 4.78 is 88.1. The first-order valence-electron chi connectivity index (χ1n) is 24.4. The van der Waals surface area contributed by atoms with Crippen LogP contribution < -0.4 is 21.3 Å². The van der Waals surface area contributed by atoms with Crippen LogP contribution in [0.5, 0.6) is 0 Å². The number of nitrogens with zero attached hydrogens (tertiary/aromatic N) is 6. The molecular weight excluding hydrogens is 1210 g/mol. The monoisotopic (exact) mass is 1270 g/mol. The molecule has 2 aromatic heterocycles. The molecular formula is C60H57BBrF6IN7O2P. The van der Waals surface area contributed by atoms with Gasteiger partial charge >= 0.3 is 12.4 Å². The normalized spacial score (nSPS) is 10.9. The quantitative estimate of drug-likeness (QED) is 0.0486. The van der Waals surface area contributed by atoms with Gasteiger partial charge in [0.25, 0.3) is 27.2 Å². The number of aryl methyl sites for hydroxylation is 4. The molecule has 0 saturated heterocycles. The minimum Gasteiger partial charge on any atom is -0.388 e. The highest BCUT2D eigenvalue weighted by Crippen LogP contribution is 2.39. The molecule has 6 aromatic carbocycles. The van der Waals surface area contributed by atoms with Gasteiger partial charge in [0.1, 0.15) is 0 Å². The van der Waals surface area contributed by atoms with Gasteiger partial charge in [-0.05, 0) is 129 Å². The average Bonchev–Trinajstić information content (AvgIpc) is 3.49. The lowest BCUT2D eigenvalue weighted by Crippen LogP contribution is -2.25. The van der Waals surface area contributed by atoms with E-state index in [0.29, 0.717) is 15.8 Å². The molecule has 0 aliphatic heterocycles. The van der Waals surface area contributed by atoms with Crippen molar-refractivity contribution in [3.05, 3.63) is 250 Å². The van der Waals surface area contributed by atoms with Crippen molar-refractivity contribution in [1.29, 1.82) is 0 Å². The largest absolute Gasteiger partial charge is 0.407 e. The first-order chi connectivity index (χ1) is 37.3. The van der Waals surface area contributed by atoms with Crippen LogP contribution in [0.25, 0.3) is 32.2 Å². The summed E-state index contributed by atoms with van der Waals surface area (Å²) in [5.74, 6) is 0. The fraction of sp³-hybridized carbons (Fsp3) is 0.200. The Morgan fingerprint density at radius 1 is 0.608 bits per heavy atom. The fourth-order valence-corrected chi connectivity index (χ4v) is 8.24. The Labute approximate surface area is 482 Å². The van der Waals surface area contributed by atoms with Gasteiger partial charge in [0.2, 0.25) is 0 Å². The van der Waals surface area contributed by atoms with E-state index in [2.05, 4.69) is 74.1 Å². The topological polar surface area (TPSA) is 71.2 Å². The number of hydrogen-bond donors (Lipinski definition) is 1. The number of benzene rings is 6. The Bertz CT molecular complexity index is 3560. The van der Waals surface area contributed by atoms with Crippen molar-refractivity contribution in [2.24, 2.45) is 0 Å². The SMILES string of the molecule is CB(I)N(C)P.CNc1ccccc1.[C-]#[N+]c1c(C(F)(F)F)cc(-c2ccc(Br)cc2)n(Cc2ccc(C)cc2C)c1=O.[C-]#[N+]c1c(C(F)(F)F)cc(-c2ccc(N(C)c3ccccc3)cc2)n(Cc2ccc(C)cc2C)c1=O. The van der Waals surface area contributed by atoms with Gasteiger partial charge in [-0.25, -0.2) is 9.69 Å². The second-order valence-electron chi connectivity index (χ2n) is 18.2. The molecule has 1 N–H and O–H groups in total. The second-order valence-corrected chi connectivity index (χ2v) is 21.8. The summed E-state index contributed by atoms with van der Waals surface area (Å²) in [6, 6.07) is 46.5. The van der Waals surface area contributed by atoms with Crippen molar-refractivity contribution < 1.29 is 26.3 Å². The summed E-state index contributed by atoms with van der Waals surface area (Å²) in [4.78, 5) is 34.0. The van der Waals surface area contributed by atoms with Crippen LogP contribution in [-0.4, -0.2) is 39.6 Å². The van der Waals surface area contributed by atoms with E-state index in [1.807, 2.05) is 151 Å². The van der Waals surface area contributed by atoms with E-state index in [4.69, 9.17) is 13.1 Å². The molecule has 9 nitrogen and oxygen atoms in total. The van der Waals surface area contributed by atoms with E-state index >= 15 is 0 Å². The van der Waals surface area contributed by atoms with Gasteiger partial charge in [0.15, 0.2) is 0 Å². The summed E-state index contributed by atoms with van der Waals surface area (Å²) in [6.45, 7) is 24.3. The molecule has 8 rings (SSSR count). The standard InChI is InChI=1S/C29H24F3N3O.C22H16BrF3N2O.C7H9N.C2H8BINP/c1-19-10-11-22(20(2)16-19)18-35-26(17-25(29(30,31)32)27(33-3)28(35)36)21-12-14-24(15-13-21)34(4)23-8-6-5-7-9-23;1-13-4-5-16(14(2)10-13)12-28-19(15-6-8-17(23)9-7-15)11-18(22(24,25)26)20(27-3)21(28)29;1-8-7-5-3-2-4-6-7;1-3(4)5(2)6/h5-17H,18H2,1-2,4H3;4-11H,12H2,1-2H3;2-6,8H,1H3;6H2,1-2H3. The summed E-state index contributed by atoms with van der Waals surface area (Å²) in [6.07, 6.45) is -9.64. The number of halogens is 8. The van der Waals surface area contributed by atoms with Crippen LogP contribution >= 0.6 is 47.7 Å². The first kappa shape index (κ1) is 62.9. The minimum absolute atomic E-state index is 0.0482. The number of alkyl halides is 6. The zero-order chi connectivity index (χ0) is 58.4. The zero-order valence-electron chi connectivity index (χ0n) is 44.6. The minimum atomic E-state index is -4.83. The predicted molar refractivity (Wildman–Crippen MR) is 326 cm³/mol. The van der Waals surface area contributed by atoms with E-state index in [9.17, 15) is 35.9 Å². The van der Waals surface area contributed by atoms with Crippen LogP contribution in [0.1, 0.15) is 44.5 Å². The molecule has 0 aliphatic carbocycles. The van der Waals surface area contributed by atoms with Gasteiger partial charge < -0.3 is 23.9 Å². The molecule has 8 aromatic rings. The maximum Gasteiger partial charge on any atom is 0.407 e. The molecule has 1 atom stereocenters. The third-order valence-corrected chi connectivity index (χ3v) is 15.0. The van der Waals surface area contributed by atoms with Gasteiger partial charge in [0.05, 0.1) is 37.4 Å². The maximum atomic E-state index is 13.8. The molecule has 1 unspecified atom stereocenters. The van der Waals surface area contributed by atoms with E-state index < -0.39 is 46.0 Å². The van der Waals surface area contributed by atoms with E-state index in [1.54, 1.807) is 48.5 Å². The van der Waals surface area contributed by atoms with E-state index in [0.717, 1.165) is 67.0 Å². The Kier molecular flexibility index (Phi) is 22.5. The van der Waals surface area contributed by atoms with Gasteiger partial charge in [-0.3, -0.25) is 9.59 Å². The number of nitrogens with one attached hydrogen (secondary N) is 1. The summed E-state index contributed by atoms with van der Waals surface area (Å²) in [7, 11) is 8.44. The molecule has 0 spiro atoms. The summed E-state index contributed by atoms with van der Waals surface area (Å²) in [5, 5.41) is 3.03. The third kappa shape index (κ3) is 17.0. The molecule has 0 saturated carbocycles. The molecule has 0 fully saturated rings. The summed E-state index contributed by atoms with van der Waals surface area (Å²) in [5.41, 5.74) is 3.40. The van der Waals surface area contributed by atoms with Crippen LogP contribution in [0.2, 0.25) is 6.82 Å². The lowest BCUT2D eigenvalue weighted by Gasteiger charge is -2.21. The van der Waals surface area contributed by atoms with Crippen molar-refractivity contribution in [3.8, 4) is 22.5 Å². The van der Waals surface area contributed by atoms with Gasteiger partial charge in [-0.1, -0.05) is 140 Å². The highest BCUT2D eigenvalue weighted by Gasteiger charge is 2.38. The van der Waals surface area contributed by atoms with Gasteiger partial charge in [-0.15, -0.1) is 22.4 Å². The molecule has 0 amide bonds. The molecule has 79 heavy (non-hydrogen) atoms. The second kappa shape index (κ2) is 28.3. The molecule has 19 heteroatoms. The van der Waals surface area contributed by atoms with Crippen molar-refractivity contribution in [2.75, 3.05) is 31.4 Å². The Morgan fingerprint density at radius 3 is 1.30 bits per heavy atom. The van der Waals surface area contributed by atoms with Gasteiger partial charge in [-0.2, -0.15) is 26.3 Å². The van der Waals surface area contributed by atoms with Gasteiger partial charge in [0, 0.05) is 47.0 Å². The lowest BCUT2D eigenvalue weighted by molar-refractivity contribution is -0.137. The number of rotatable bonds is 10. The molecule has 0 radical (unpaired) electrons. The van der Waals surface area contributed by atoms with E-state index in [1.165, 1.54) is 9.13 Å². The fourth-order valence-electron chi connectivity index (χ4n) is 7.98. The average molecular weight is 1270 g/mol. The summed E-state index contributed by atoms with van der Waals surface area (Å²) >= 11 is 5.64. The predicted octanol–water partition coefficient (Wildman–Crippen LogP) is 17.0. The molecule has 408 valence electrons. The van der Waals surface area contributed by atoms with Crippen molar-refractivity contribution in [3.63, 3.8) is 0 Å². The Morgan fingerprint density at radius 2 is 0.975 bits per heavy atom. The molecule has 0 bridgehead atoms. The molecule has 2 heterocycles. The van der Waals surface area contributed by atoms with E-state index in [-0.39, 0.29) is 24.5 Å². The Hall–Kier alpha value is -6.96. The number of anilines is 3. The lowest BCUT2D eigenvalue weighted by atomic mass is 10.0. The van der Waals surface area contributed by atoms with Crippen LogP contribution in [-0.2, 0) is 25.4 Å². The Balaban J connectivity index is 0.000000236. The van der Waals surface area contributed by atoms with Crippen LogP contribution in [0.4, 0.5) is 54.8 Å². The maximum absolute atomic E-state index is 13.8. The smallest absolute Gasteiger partial charge is 0.388 e. The van der Waals surface area contributed by atoms with Crippen LogP contribution in [0.15, 0.2) is 172 Å². The number of hydrogen-bond acceptors (Lipinski definition) is 5. The third-order valence-electron chi connectivity index (χ3n) is 12.5. The van der Waals surface area contributed by atoms with Crippen molar-refractivity contribution in [2.45, 2.75) is 60.0 Å². The number of para-hydroxylation sites is 2. The number of pyridine rings is 2. The van der Waals surface area contributed by atoms with Crippen molar-refractivity contribution >= 4 is 80.8 Å². The highest BCUT2D eigenvalue weighted by atomic mass is 127.